The van der Waals surface area contributed by atoms with Gasteiger partial charge < -0.3 is 10.2 Å². The van der Waals surface area contributed by atoms with E-state index in [1.807, 2.05) is 18.2 Å². The van der Waals surface area contributed by atoms with Crippen LogP contribution in [0.15, 0.2) is 40.1 Å². The highest BCUT2D eigenvalue weighted by atomic mass is 16.2. The van der Waals surface area contributed by atoms with Crippen molar-refractivity contribution in [2.45, 2.75) is 39.0 Å². The number of nitrogens with one attached hydrogen (secondary N) is 1. The zero-order valence-corrected chi connectivity index (χ0v) is 15.0. The third-order valence-electron chi connectivity index (χ3n) is 5.79. The summed E-state index contributed by atoms with van der Waals surface area (Å²) in [5, 5.41) is 2.97. The molecule has 26 heavy (non-hydrogen) atoms. The Labute approximate surface area is 152 Å². The molecule has 1 saturated heterocycles. The van der Waals surface area contributed by atoms with Crippen LogP contribution in [0.3, 0.4) is 0 Å². The van der Waals surface area contributed by atoms with Crippen molar-refractivity contribution in [1.29, 1.82) is 0 Å². The average molecular weight is 353 g/mol. The molecule has 0 radical (unpaired) electrons. The Hall–Kier alpha value is -2.50. The van der Waals surface area contributed by atoms with E-state index in [2.05, 4.69) is 10.3 Å². The summed E-state index contributed by atoms with van der Waals surface area (Å²) in [6, 6.07) is 0. The van der Waals surface area contributed by atoms with Crippen molar-refractivity contribution < 1.29 is 14.4 Å². The van der Waals surface area contributed by atoms with E-state index in [-0.39, 0.29) is 29.6 Å². The largest absolute Gasteiger partial charge is 0.343 e. The number of nitrogens with zero attached hydrogens (tertiary/aromatic N) is 2. The molecule has 1 N–H and O–H groups in total. The predicted octanol–water partition coefficient (Wildman–Crippen LogP) is 1.89. The van der Waals surface area contributed by atoms with Crippen molar-refractivity contribution in [2.75, 3.05) is 13.1 Å². The summed E-state index contributed by atoms with van der Waals surface area (Å²) in [5.74, 6) is -0.0868. The van der Waals surface area contributed by atoms with E-state index in [0.717, 1.165) is 30.5 Å². The smallest absolute Gasteiger partial charge is 0.251 e. The molecule has 0 aromatic heterocycles. The number of carbonyl (C=O) groups is 3. The van der Waals surface area contributed by atoms with E-state index in [1.54, 1.807) is 11.8 Å². The van der Waals surface area contributed by atoms with Gasteiger partial charge in [-0.3, -0.25) is 14.4 Å². The van der Waals surface area contributed by atoms with Crippen LogP contribution in [0.25, 0.3) is 0 Å². The normalized spacial score (nSPS) is 27.2. The molecule has 0 saturated carbocycles. The van der Waals surface area contributed by atoms with Gasteiger partial charge in [-0.1, -0.05) is 6.08 Å². The van der Waals surface area contributed by atoms with Crippen molar-refractivity contribution in [2.24, 2.45) is 16.8 Å². The maximum atomic E-state index is 12.5. The Kier molecular flexibility index (Phi) is 4.34. The van der Waals surface area contributed by atoms with Crippen LogP contribution in [0.4, 0.5) is 0 Å². The van der Waals surface area contributed by atoms with Crippen LogP contribution in [-0.4, -0.2) is 41.4 Å². The van der Waals surface area contributed by atoms with Crippen LogP contribution < -0.4 is 5.32 Å². The van der Waals surface area contributed by atoms with E-state index in [9.17, 15) is 14.4 Å². The van der Waals surface area contributed by atoms with Crippen LogP contribution in [0.5, 0.6) is 0 Å². The van der Waals surface area contributed by atoms with E-state index in [1.165, 1.54) is 5.57 Å². The minimum absolute atomic E-state index is 0.00224. The molecule has 6 nitrogen and oxygen atoms in total. The fourth-order valence-corrected chi connectivity index (χ4v) is 4.32. The highest BCUT2D eigenvalue weighted by molar-refractivity contribution is 6.12. The lowest BCUT2D eigenvalue weighted by molar-refractivity contribution is -0.132. The predicted molar refractivity (Wildman–Crippen MR) is 97.2 cm³/mol. The van der Waals surface area contributed by atoms with Crippen molar-refractivity contribution in [3.05, 3.63) is 35.1 Å². The summed E-state index contributed by atoms with van der Waals surface area (Å²) in [4.78, 5) is 42.2. The third kappa shape index (κ3) is 3.04. The summed E-state index contributed by atoms with van der Waals surface area (Å²) in [7, 11) is 0. The van der Waals surface area contributed by atoms with Gasteiger partial charge in [0.05, 0.1) is 5.71 Å². The SMILES string of the molecule is CC(=O)N1CCC(C(=O)N=C2C=CC3C(=C2)NC(=O)C2=C3CCC2)CC1. The van der Waals surface area contributed by atoms with Crippen LogP contribution in [0.2, 0.25) is 0 Å². The van der Waals surface area contributed by atoms with Crippen LogP contribution >= 0.6 is 0 Å². The van der Waals surface area contributed by atoms with Crippen LogP contribution in [0, 0.1) is 11.8 Å². The number of hydrogen-bond donors (Lipinski definition) is 1. The number of rotatable bonds is 1. The quantitative estimate of drug-likeness (QED) is 0.782. The van der Waals surface area contributed by atoms with Crippen LogP contribution in [-0.2, 0) is 14.4 Å². The number of likely N-dealkylation sites (tertiary alicyclic amines) is 1. The summed E-state index contributed by atoms with van der Waals surface area (Å²) >= 11 is 0. The summed E-state index contributed by atoms with van der Waals surface area (Å²) in [6.07, 6.45) is 9.93. The molecule has 1 unspecified atom stereocenters. The minimum atomic E-state index is -0.133. The Morgan fingerprint density at radius 2 is 2.00 bits per heavy atom. The van der Waals surface area contributed by atoms with Crippen molar-refractivity contribution in [1.82, 2.24) is 10.2 Å². The second-order valence-electron chi connectivity index (χ2n) is 7.40. The van der Waals surface area contributed by atoms with E-state index < -0.39 is 0 Å². The molecule has 0 aromatic carbocycles. The highest BCUT2D eigenvalue weighted by Crippen LogP contribution is 2.39. The second-order valence-corrected chi connectivity index (χ2v) is 7.40. The van der Waals surface area contributed by atoms with Gasteiger partial charge in [-0.2, -0.15) is 0 Å². The van der Waals surface area contributed by atoms with Crippen molar-refractivity contribution >= 4 is 23.4 Å². The van der Waals surface area contributed by atoms with Gasteiger partial charge in [0.2, 0.25) is 11.8 Å². The molecule has 4 aliphatic rings. The van der Waals surface area contributed by atoms with E-state index in [4.69, 9.17) is 0 Å². The number of fused-ring (bicyclic) bond motifs is 2. The molecule has 2 aliphatic heterocycles. The molecule has 0 spiro atoms. The van der Waals surface area contributed by atoms with Gasteiger partial charge in [0.25, 0.3) is 5.91 Å². The van der Waals surface area contributed by atoms with Gasteiger partial charge in [-0.05, 0) is 49.8 Å². The fraction of sp³-hybridized carbons (Fsp3) is 0.500. The molecular formula is C20H23N3O3. The van der Waals surface area contributed by atoms with Crippen molar-refractivity contribution in [3.63, 3.8) is 0 Å². The van der Waals surface area contributed by atoms with E-state index >= 15 is 0 Å². The van der Waals surface area contributed by atoms with Crippen molar-refractivity contribution in [3.8, 4) is 0 Å². The van der Waals surface area contributed by atoms with Gasteiger partial charge in [0.1, 0.15) is 0 Å². The maximum absolute atomic E-state index is 12.5. The molecule has 0 aromatic rings. The summed E-state index contributed by atoms with van der Waals surface area (Å²) in [6.45, 7) is 2.78. The summed E-state index contributed by atoms with van der Waals surface area (Å²) < 4.78 is 0. The number of hydrogen-bond acceptors (Lipinski definition) is 3. The number of piperidine rings is 1. The molecule has 4 rings (SSSR count). The first kappa shape index (κ1) is 16.9. The molecule has 6 heteroatoms. The van der Waals surface area contributed by atoms with E-state index in [0.29, 0.717) is 31.6 Å². The highest BCUT2D eigenvalue weighted by Gasteiger charge is 2.34. The van der Waals surface area contributed by atoms with Gasteiger partial charge in [0, 0.05) is 43.1 Å². The standard InChI is InChI=1S/C20H23N3O3/c1-12(24)23-9-7-13(8-10-23)19(25)21-14-5-6-16-15-3-2-4-17(15)20(26)22-18(16)11-14/h5-6,11,13,16H,2-4,7-10H2,1H3,(H,22,26). The molecule has 0 bridgehead atoms. The molecule has 1 atom stereocenters. The lowest BCUT2D eigenvalue weighted by Gasteiger charge is -2.30. The number of carbonyl (C=O) groups excluding carboxylic acids is 3. The Morgan fingerprint density at radius 1 is 1.23 bits per heavy atom. The topological polar surface area (TPSA) is 78.8 Å². The third-order valence-corrected chi connectivity index (χ3v) is 5.79. The molecule has 3 amide bonds. The molecule has 2 aliphatic carbocycles. The van der Waals surface area contributed by atoms with Crippen LogP contribution in [0.1, 0.15) is 39.0 Å². The average Bonchev–Trinajstić information content (AvgIpc) is 3.12. The first-order valence-electron chi connectivity index (χ1n) is 9.34. The minimum Gasteiger partial charge on any atom is -0.343 e. The lowest BCUT2D eigenvalue weighted by Crippen LogP contribution is -2.39. The first-order valence-corrected chi connectivity index (χ1v) is 9.34. The zero-order chi connectivity index (χ0) is 18.3. The molecule has 1 fully saturated rings. The zero-order valence-electron chi connectivity index (χ0n) is 15.0. The van der Waals surface area contributed by atoms with Gasteiger partial charge in [-0.25, -0.2) is 4.99 Å². The fourth-order valence-electron chi connectivity index (χ4n) is 4.32. The molecule has 2 heterocycles. The Morgan fingerprint density at radius 3 is 2.73 bits per heavy atom. The monoisotopic (exact) mass is 353 g/mol. The Bertz CT molecular complexity index is 795. The summed E-state index contributed by atoms with van der Waals surface area (Å²) in [5.41, 5.74) is 3.58. The number of allylic oxidation sites excluding steroid dienone is 3. The molecule has 136 valence electrons. The van der Waals surface area contributed by atoms with Gasteiger partial charge >= 0.3 is 0 Å². The number of amides is 3. The maximum Gasteiger partial charge on any atom is 0.251 e. The Balaban J connectivity index is 1.47. The molecular weight excluding hydrogens is 330 g/mol. The first-order chi connectivity index (χ1) is 12.5. The van der Waals surface area contributed by atoms with Gasteiger partial charge in [-0.15, -0.1) is 0 Å². The lowest BCUT2D eigenvalue weighted by atomic mass is 9.85. The number of aliphatic imine (C=N–C) groups is 1. The second kappa shape index (κ2) is 6.67. The van der Waals surface area contributed by atoms with Gasteiger partial charge in [0.15, 0.2) is 0 Å².